The summed E-state index contributed by atoms with van der Waals surface area (Å²) in [7, 11) is 0. The summed E-state index contributed by atoms with van der Waals surface area (Å²) < 4.78 is -1.98. The van der Waals surface area contributed by atoms with E-state index in [0.29, 0.717) is 13.0 Å². The van der Waals surface area contributed by atoms with E-state index in [1.54, 1.807) is 4.90 Å². The topological polar surface area (TPSA) is 57.7 Å². The molecular weight excluding hydrogens is 517 g/mol. The van der Waals surface area contributed by atoms with Gasteiger partial charge in [-0.25, -0.2) is 0 Å². The molecule has 0 aromatic heterocycles. The number of carbonyl (C=O) groups is 3. The Balaban J connectivity index is 1.48. The van der Waals surface area contributed by atoms with Crippen LogP contribution >= 0.6 is 69.6 Å². The van der Waals surface area contributed by atoms with Gasteiger partial charge in [0.15, 0.2) is 4.33 Å². The van der Waals surface area contributed by atoms with Crippen molar-refractivity contribution in [1.29, 1.82) is 0 Å². The molecule has 3 amide bonds. The van der Waals surface area contributed by atoms with Crippen molar-refractivity contribution in [3.63, 3.8) is 0 Å². The second-order valence-corrected chi connectivity index (χ2v) is 11.0. The highest BCUT2D eigenvalue weighted by molar-refractivity contribution is 6.66. The predicted octanol–water partition coefficient (Wildman–Crippen LogP) is 4.02. The Hall–Kier alpha value is -0.690. The molecule has 30 heavy (non-hydrogen) atoms. The quantitative estimate of drug-likeness (QED) is 0.430. The van der Waals surface area contributed by atoms with E-state index in [2.05, 4.69) is 0 Å². The number of halogens is 6. The van der Waals surface area contributed by atoms with E-state index in [1.807, 2.05) is 24.3 Å². The van der Waals surface area contributed by atoms with Crippen molar-refractivity contribution in [2.75, 3.05) is 18.0 Å². The molecule has 11 heteroatoms. The van der Waals surface area contributed by atoms with E-state index in [9.17, 15) is 14.4 Å². The number of rotatable bonds is 2. The van der Waals surface area contributed by atoms with E-state index in [0.717, 1.165) is 16.2 Å². The summed E-state index contributed by atoms with van der Waals surface area (Å²) in [6.45, 7) is 0.0115. The van der Waals surface area contributed by atoms with Crippen molar-refractivity contribution >= 4 is 93.0 Å². The van der Waals surface area contributed by atoms with E-state index >= 15 is 0 Å². The Morgan fingerprint density at radius 1 is 0.967 bits per heavy atom. The van der Waals surface area contributed by atoms with E-state index in [1.165, 1.54) is 0 Å². The first-order chi connectivity index (χ1) is 14.0. The van der Waals surface area contributed by atoms with Crippen LogP contribution in [0.1, 0.15) is 5.56 Å². The number of anilines is 1. The van der Waals surface area contributed by atoms with Crippen LogP contribution in [0.25, 0.3) is 0 Å². The van der Waals surface area contributed by atoms with Gasteiger partial charge in [-0.1, -0.05) is 64.6 Å². The maximum atomic E-state index is 13.2. The monoisotopic (exact) mass is 526 g/mol. The van der Waals surface area contributed by atoms with Crippen molar-refractivity contribution in [3.8, 4) is 0 Å². The lowest BCUT2D eigenvalue weighted by Crippen LogP contribution is -2.51. The maximum absolute atomic E-state index is 13.2. The van der Waals surface area contributed by atoms with E-state index < -0.39 is 50.2 Å². The highest BCUT2D eigenvalue weighted by atomic mass is 35.5. The molecule has 0 spiro atoms. The molecule has 2 aliphatic heterocycles. The number of hydrogen-bond acceptors (Lipinski definition) is 3. The van der Waals surface area contributed by atoms with E-state index in [-0.39, 0.29) is 10.1 Å². The fourth-order valence-corrected chi connectivity index (χ4v) is 7.96. The Morgan fingerprint density at radius 2 is 1.50 bits per heavy atom. The van der Waals surface area contributed by atoms with Gasteiger partial charge in [0.2, 0.25) is 17.7 Å². The van der Waals surface area contributed by atoms with Crippen LogP contribution in [0.2, 0.25) is 0 Å². The lowest BCUT2D eigenvalue weighted by molar-refractivity contribution is -0.143. The van der Waals surface area contributed by atoms with Crippen molar-refractivity contribution in [2.45, 2.75) is 20.5 Å². The molecule has 0 N–H and O–H groups in total. The number of amides is 3. The molecule has 4 aliphatic rings. The zero-order valence-electron chi connectivity index (χ0n) is 15.0. The number of allylic oxidation sites excluding steroid dienone is 2. The second-order valence-electron chi connectivity index (χ2n) is 7.77. The molecule has 1 saturated heterocycles. The van der Waals surface area contributed by atoms with Crippen LogP contribution in [0.15, 0.2) is 34.3 Å². The zero-order valence-corrected chi connectivity index (χ0v) is 19.5. The molecule has 5 nitrogen and oxygen atoms in total. The van der Waals surface area contributed by atoms with Crippen molar-refractivity contribution in [1.82, 2.24) is 4.90 Å². The number of imide groups is 1. The molecule has 5 rings (SSSR count). The van der Waals surface area contributed by atoms with Gasteiger partial charge in [-0.15, -0.1) is 23.2 Å². The first-order valence-corrected chi connectivity index (χ1v) is 11.3. The van der Waals surface area contributed by atoms with Gasteiger partial charge in [-0.2, -0.15) is 0 Å². The number of fused-ring (bicyclic) bond motifs is 6. The van der Waals surface area contributed by atoms with Crippen LogP contribution in [0.4, 0.5) is 5.69 Å². The minimum absolute atomic E-state index is 0.158. The molecule has 2 aliphatic carbocycles. The lowest BCUT2D eigenvalue weighted by Gasteiger charge is -2.34. The molecule has 1 saturated carbocycles. The third-order valence-electron chi connectivity index (χ3n) is 6.48. The molecule has 1 aromatic rings. The second kappa shape index (κ2) is 6.43. The first-order valence-electron chi connectivity index (χ1n) is 9.05. The molecular formula is C19H12Cl6N2O3. The van der Waals surface area contributed by atoms with Crippen molar-refractivity contribution < 1.29 is 14.4 Å². The predicted molar refractivity (Wildman–Crippen MR) is 117 cm³/mol. The molecule has 4 atom stereocenters. The van der Waals surface area contributed by atoms with Crippen LogP contribution in [0.3, 0.4) is 0 Å². The fourth-order valence-electron chi connectivity index (χ4n) is 5.03. The summed E-state index contributed by atoms with van der Waals surface area (Å²) in [5, 5.41) is -0.315. The largest absolute Gasteiger partial charge is 0.310 e. The van der Waals surface area contributed by atoms with Gasteiger partial charge in [-0.05, 0) is 18.1 Å². The van der Waals surface area contributed by atoms with Gasteiger partial charge in [0.25, 0.3) is 0 Å². The first kappa shape index (κ1) is 21.2. The summed E-state index contributed by atoms with van der Waals surface area (Å²) in [5.74, 6) is -4.25. The summed E-state index contributed by atoms with van der Waals surface area (Å²) in [4.78, 5) is 38.1. The molecule has 158 valence electrons. The highest BCUT2D eigenvalue weighted by Gasteiger charge is 2.87. The summed E-state index contributed by atoms with van der Waals surface area (Å²) >= 11 is 38.8. The third kappa shape index (κ3) is 2.17. The number of alkyl halides is 4. The Labute approximate surface area is 201 Å². The normalized spacial score (nSPS) is 36.1. The third-order valence-corrected chi connectivity index (χ3v) is 10.7. The minimum atomic E-state index is -1.98. The lowest BCUT2D eigenvalue weighted by atomic mass is 9.84. The summed E-state index contributed by atoms with van der Waals surface area (Å²) in [6, 6.07) is 7.47. The highest BCUT2D eigenvalue weighted by Crippen LogP contribution is 2.77. The molecule has 2 heterocycles. The maximum Gasteiger partial charge on any atom is 0.247 e. The number of nitrogens with zero attached hydrogens (tertiary/aromatic N) is 2. The number of hydrogen-bond donors (Lipinski definition) is 0. The van der Waals surface area contributed by atoms with Gasteiger partial charge in [0.1, 0.15) is 16.3 Å². The van der Waals surface area contributed by atoms with Gasteiger partial charge < -0.3 is 4.90 Å². The van der Waals surface area contributed by atoms with Crippen molar-refractivity contribution in [2.24, 2.45) is 11.8 Å². The Kier molecular flexibility index (Phi) is 4.54. The van der Waals surface area contributed by atoms with Crippen LogP contribution in [0, 0.1) is 11.8 Å². The van der Waals surface area contributed by atoms with Gasteiger partial charge >= 0.3 is 0 Å². The average Bonchev–Trinajstić information content (AvgIpc) is 3.31. The standard InChI is InChI=1S/C19H12Cl6N2O3/c20-13-14(21)18(23)12-11(17(13,22)19(18,24)25)15(29)27(16(12)30)7-10(28)26-6-5-8-3-1-2-4-9(8)26/h1-4,11-12H,5-7H2. The number of carbonyl (C=O) groups excluding carboxylic acids is 3. The molecule has 2 fully saturated rings. The summed E-state index contributed by atoms with van der Waals surface area (Å²) in [6.07, 6.45) is 0.695. The smallest absolute Gasteiger partial charge is 0.247 e. The number of benzene rings is 1. The number of likely N-dealkylation sites (tertiary alicyclic amines) is 1. The van der Waals surface area contributed by atoms with Crippen LogP contribution in [0.5, 0.6) is 0 Å². The molecule has 2 bridgehead atoms. The van der Waals surface area contributed by atoms with E-state index in [4.69, 9.17) is 69.6 Å². The minimum Gasteiger partial charge on any atom is -0.310 e. The number of para-hydroxylation sites is 1. The van der Waals surface area contributed by atoms with Crippen LogP contribution in [-0.2, 0) is 20.8 Å². The SMILES string of the molecule is O=C1C2C(C(=O)N1CC(=O)N1CCc3ccccc31)C1(Cl)C(Cl)=C(Cl)C2(Cl)C1(Cl)Cl. The fraction of sp³-hybridized carbons (Fsp3) is 0.421. The average molecular weight is 529 g/mol. The molecule has 4 unspecified atom stereocenters. The van der Waals surface area contributed by atoms with Crippen LogP contribution < -0.4 is 4.90 Å². The van der Waals surface area contributed by atoms with Gasteiger partial charge in [-0.3, -0.25) is 19.3 Å². The molecule has 1 aromatic carbocycles. The van der Waals surface area contributed by atoms with Gasteiger partial charge in [0, 0.05) is 12.2 Å². The Morgan fingerprint density at radius 3 is 2.07 bits per heavy atom. The molecule has 0 radical (unpaired) electrons. The van der Waals surface area contributed by atoms with Crippen LogP contribution in [-0.4, -0.2) is 49.8 Å². The summed E-state index contributed by atoms with van der Waals surface area (Å²) in [5.41, 5.74) is 1.79. The van der Waals surface area contributed by atoms with Crippen molar-refractivity contribution in [3.05, 3.63) is 39.9 Å². The van der Waals surface area contributed by atoms with Gasteiger partial charge in [0.05, 0.1) is 21.9 Å². The Bertz CT molecular complexity index is 1030. The zero-order chi connectivity index (χ0) is 21.8.